The molecule has 182 valence electrons. The number of allylic oxidation sites excluding steroid dienone is 1. The fourth-order valence-electron chi connectivity index (χ4n) is 4.17. The molecule has 1 amide bonds. The van der Waals surface area contributed by atoms with Gasteiger partial charge in [0.05, 0.1) is 11.3 Å². The topological polar surface area (TPSA) is 104 Å². The van der Waals surface area contributed by atoms with Gasteiger partial charge in [0.2, 0.25) is 0 Å². The minimum absolute atomic E-state index is 0.0786. The van der Waals surface area contributed by atoms with Crippen molar-refractivity contribution in [2.75, 3.05) is 38.5 Å². The lowest BCUT2D eigenvalue weighted by atomic mass is 9.84. The average molecular weight is 473 g/mol. The number of likely N-dealkylation sites (N-methyl/N-ethyl adjacent to an activating group) is 1. The largest absolute Gasteiger partial charge is 0.386 e. The average Bonchev–Trinajstić information content (AvgIpc) is 3.25. The van der Waals surface area contributed by atoms with Gasteiger partial charge in [0, 0.05) is 50.0 Å². The number of benzene rings is 1. The maximum atomic E-state index is 12.9. The number of hydrogen-bond acceptors (Lipinski definition) is 6. The number of anilines is 2. The zero-order valence-corrected chi connectivity index (χ0v) is 20.7. The minimum atomic E-state index is -0.474. The molecule has 8 heteroatoms. The number of rotatable bonds is 5. The van der Waals surface area contributed by atoms with E-state index in [0.29, 0.717) is 25.2 Å². The molecule has 0 saturated carbocycles. The summed E-state index contributed by atoms with van der Waals surface area (Å²) in [5.74, 6) is 0.648. The summed E-state index contributed by atoms with van der Waals surface area (Å²) < 4.78 is 0. The molecule has 1 aromatic heterocycles. The molecule has 0 spiro atoms. The normalized spacial score (nSPS) is 16.6. The molecule has 3 heterocycles. The van der Waals surface area contributed by atoms with Crippen molar-refractivity contribution in [2.45, 2.75) is 27.3 Å². The number of amides is 1. The van der Waals surface area contributed by atoms with Gasteiger partial charge in [-0.05, 0) is 42.4 Å². The van der Waals surface area contributed by atoms with Gasteiger partial charge < -0.3 is 25.4 Å². The first kappa shape index (κ1) is 24.3. The number of nitriles is 1. The lowest BCUT2D eigenvalue weighted by Gasteiger charge is -2.32. The van der Waals surface area contributed by atoms with Crippen molar-refractivity contribution in [3.8, 4) is 6.07 Å². The number of aromatic nitrogens is 1. The number of piperazine rings is 1. The molecule has 3 N–H and O–H groups in total. The second-order valence-corrected chi connectivity index (χ2v) is 10.1. The lowest BCUT2D eigenvalue weighted by molar-refractivity contribution is -0.128. The molecule has 1 fully saturated rings. The van der Waals surface area contributed by atoms with E-state index in [1.165, 1.54) is 0 Å². The zero-order chi connectivity index (χ0) is 25.2. The van der Waals surface area contributed by atoms with Crippen LogP contribution in [0.5, 0.6) is 0 Å². The van der Waals surface area contributed by atoms with Crippen LogP contribution in [0.15, 0.2) is 42.1 Å². The number of fused-ring (bicyclic) bond motifs is 1. The Kier molecular flexibility index (Phi) is 6.81. The van der Waals surface area contributed by atoms with Crippen molar-refractivity contribution >= 4 is 34.8 Å². The van der Waals surface area contributed by atoms with Crippen LogP contribution in [0, 0.1) is 16.7 Å². The number of carbonyl (C=O) groups excluding carboxylic acids is 2. The van der Waals surface area contributed by atoms with Gasteiger partial charge in [0.1, 0.15) is 17.5 Å². The van der Waals surface area contributed by atoms with Gasteiger partial charge in [-0.2, -0.15) is 5.26 Å². The number of carbonyl (C=O) groups is 2. The van der Waals surface area contributed by atoms with Crippen molar-refractivity contribution < 1.29 is 9.59 Å². The Hall–Kier alpha value is -3.83. The summed E-state index contributed by atoms with van der Waals surface area (Å²) in [6.07, 6.45) is 3.42. The molecule has 1 aromatic carbocycles. The van der Waals surface area contributed by atoms with Crippen molar-refractivity contribution in [3.05, 3.63) is 58.9 Å². The molecular formula is C27H32N6O2. The highest BCUT2D eigenvalue weighted by Crippen LogP contribution is 2.32. The van der Waals surface area contributed by atoms with Crippen LogP contribution in [0.4, 0.5) is 11.5 Å². The maximum absolute atomic E-state index is 12.9. The van der Waals surface area contributed by atoms with Gasteiger partial charge in [-0.15, -0.1) is 0 Å². The number of Topliss-reactive ketones (excluding diaryl/α,β-unsaturated/α-hetero) is 1. The molecule has 4 rings (SSSR count). The summed E-state index contributed by atoms with van der Waals surface area (Å²) in [5, 5.41) is 16.1. The quantitative estimate of drug-likeness (QED) is 0.455. The lowest BCUT2D eigenvalue weighted by Crippen LogP contribution is -2.47. The molecule has 0 atom stereocenters. The molecule has 2 aliphatic rings. The minimum Gasteiger partial charge on any atom is -0.386 e. The highest BCUT2D eigenvalue weighted by Gasteiger charge is 2.30. The van der Waals surface area contributed by atoms with E-state index in [2.05, 4.69) is 26.6 Å². The van der Waals surface area contributed by atoms with Gasteiger partial charge in [-0.3, -0.25) is 9.59 Å². The van der Waals surface area contributed by atoms with E-state index in [1.54, 1.807) is 17.2 Å². The number of ketones is 1. The smallest absolute Gasteiger partial charge is 0.264 e. The number of nitrogens with zero attached hydrogens (tertiary/aromatic N) is 3. The standard InChI is InChI=1S/C27H32N6O2/c1-27(2,3)25(34)22-17-29-16-20-14-23(31-24(20)22)30-21-7-5-18(6-8-21)13-19(15-28)26(35)33-11-9-32(4)10-12-33/h5-8,13-14,17,29-31H,9-12,16H2,1-4H3. The van der Waals surface area contributed by atoms with Crippen molar-refractivity contribution in [1.82, 2.24) is 20.1 Å². The molecule has 2 aliphatic heterocycles. The Morgan fingerprint density at radius 2 is 1.80 bits per heavy atom. The van der Waals surface area contributed by atoms with E-state index in [0.717, 1.165) is 41.4 Å². The molecule has 0 bridgehead atoms. The van der Waals surface area contributed by atoms with E-state index in [4.69, 9.17) is 0 Å². The third-order valence-corrected chi connectivity index (χ3v) is 6.28. The first-order chi connectivity index (χ1) is 16.7. The Morgan fingerprint density at radius 3 is 2.43 bits per heavy atom. The van der Waals surface area contributed by atoms with Crippen LogP contribution in [0.3, 0.4) is 0 Å². The summed E-state index contributed by atoms with van der Waals surface area (Å²) in [4.78, 5) is 32.9. The van der Waals surface area contributed by atoms with Crippen LogP contribution in [0.25, 0.3) is 11.6 Å². The summed E-state index contributed by atoms with van der Waals surface area (Å²) in [6.45, 7) is 9.28. The highest BCUT2D eigenvalue weighted by molar-refractivity contribution is 6.23. The number of H-pyrrole nitrogens is 1. The first-order valence-corrected chi connectivity index (χ1v) is 11.8. The van der Waals surface area contributed by atoms with Crippen LogP contribution >= 0.6 is 0 Å². The van der Waals surface area contributed by atoms with Crippen LogP contribution in [-0.2, 0) is 16.1 Å². The molecule has 35 heavy (non-hydrogen) atoms. The molecule has 0 aliphatic carbocycles. The van der Waals surface area contributed by atoms with Crippen molar-refractivity contribution in [3.63, 3.8) is 0 Å². The van der Waals surface area contributed by atoms with Gasteiger partial charge in [-0.25, -0.2) is 0 Å². The van der Waals surface area contributed by atoms with Crippen LogP contribution < -0.4 is 10.6 Å². The van der Waals surface area contributed by atoms with E-state index in [9.17, 15) is 14.9 Å². The van der Waals surface area contributed by atoms with Crippen LogP contribution in [0.2, 0.25) is 0 Å². The highest BCUT2D eigenvalue weighted by atomic mass is 16.2. The third kappa shape index (κ3) is 5.47. The van der Waals surface area contributed by atoms with Gasteiger partial charge in [-0.1, -0.05) is 32.9 Å². The number of aromatic amines is 1. The van der Waals surface area contributed by atoms with Gasteiger partial charge in [0.25, 0.3) is 5.91 Å². The predicted octanol–water partition coefficient (Wildman–Crippen LogP) is 3.50. The van der Waals surface area contributed by atoms with Gasteiger partial charge >= 0.3 is 0 Å². The summed E-state index contributed by atoms with van der Waals surface area (Å²) in [7, 11) is 2.03. The fraction of sp³-hybridized carbons (Fsp3) is 0.370. The Balaban J connectivity index is 1.46. The number of hydrogen-bond donors (Lipinski definition) is 3. The fourth-order valence-corrected chi connectivity index (χ4v) is 4.17. The summed E-state index contributed by atoms with van der Waals surface area (Å²) in [6, 6.07) is 11.6. The molecule has 2 aromatic rings. The second-order valence-electron chi connectivity index (χ2n) is 10.1. The third-order valence-electron chi connectivity index (χ3n) is 6.28. The summed E-state index contributed by atoms with van der Waals surface area (Å²) in [5.41, 5.74) is 3.83. The van der Waals surface area contributed by atoms with E-state index >= 15 is 0 Å². The zero-order valence-electron chi connectivity index (χ0n) is 20.7. The monoisotopic (exact) mass is 472 g/mol. The van der Waals surface area contributed by atoms with E-state index in [1.807, 2.05) is 58.2 Å². The van der Waals surface area contributed by atoms with Crippen LogP contribution in [-0.4, -0.2) is 59.7 Å². The molecule has 0 unspecified atom stereocenters. The molecule has 0 radical (unpaired) electrons. The Labute approximate surface area is 206 Å². The second kappa shape index (κ2) is 9.80. The summed E-state index contributed by atoms with van der Waals surface area (Å²) >= 11 is 0. The van der Waals surface area contributed by atoms with Gasteiger partial charge in [0.15, 0.2) is 5.78 Å². The maximum Gasteiger partial charge on any atom is 0.264 e. The molecule has 8 nitrogen and oxygen atoms in total. The SMILES string of the molecule is CN1CCN(C(=O)C(C#N)=Cc2ccc(Nc3cc4c([nH]3)C(C(=O)C(C)(C)C)=CNC4)cc2)CC1. The first-order valence-electron chi connectivity index (χ1n) is 11.8. The van der Waals surface area contributed by atoms with E-state index < -0.39 is 5.41 Å². The number of nitrogens with one attached hydrogen (secondary N) is 3. The Bertz CT molecular complexity index is 1220. The van der Waals surface area contributed by atoms with Crippen LogP contribution in [0.1, 0.15) is 37.6 Å². The molecular weight excluding hydrogens is 440 g/mol. The Morgan fingerprint density at radius 1 is 1.11 bits per heavy atom. The van der Waals surface area contributed by atoms with Crippen molar-refractivity contribution in [2.24, 2.45) is 5.41 Å². The van der Waals surface area contributed by atoms with Crippen molar-refractivity contribution in [1.29, 1.82) is 5.26 Å². The van der Waals surface area contributed by atoms with E-state index in [-0.39, 0.29) is 17.3 Å². The predicted molar refractivity (Wildman–Crippen MR) is 137 cm³/mol. The molecule has 1 saturated heterocycles.